The molecule has 5 rings (SSSR count). The second kappa shape index (κ2) is 10.6. The number of para-hydroxylation sites is 1. The van der Waals surface area contributed by atoms with E-state index in [1.165, 1.54) is 17.8 Å². The largest absolute Gasteiger partial charge is 0.336 e. The zero-order chi connectivity index (χ0) is 25.1. The molecule has 0 radical (unpaired) electrons. The second-order valence-corrected chi connectivity index (χ2v) is 9.94. The van der Waals surface area contributed by atoms with Gasteiger partial charge < -0.3 is 9.80 Å². The highest BCUT2D eigenvalue weighted by atomic mass is 32.2. The van der Waals surface area contributed by atoms with Gasteiger partial charge in [0.05, 0.1) is 5.69 Å². The number of piperazine rings is 1. The molecule has 3 aromatic carbocycles. The summed E-state index contributed by atoms with van der Waals surface area (Å²) < 4.78 is 16.7. The van der Waals surface area contributed by atoms with Crippen molar-refractivity contribution in [2.75, 3.05) is 33.2 Å². The number of likely N-dealkylation sites (N-methyl/N-ethyl adjacent to an activating group) is 1. The van der Waals surface area contributed by atoms with E-state index in [1.54, 1.807) is 22.8 Å². The molecule has 184 valence electrons. The van der Waals surface area contributed by atoms with Gasteiger partial charge in [0, 0.05) is 43.1 Å². The minimum absolute atomic E-state index is 0.0511. The number of aryl methyl sites for hydroxylation is 1. The van der Waals surface area contributed by atoms with Crippen LogP contribution in [0.5, 0.6) is 0 Å². The summed E-state index contributed by atoms with van der Waals surface area (Å²) in [6.45, 7) is 5.20. The van der Waals surface area contributed by atoms with Crippen LogP contribution in [0.4, 0.5) is 4.39 Å². The molecule has 0 bridgehead atoms. The van der Waals surface area contributed by atoms with Gasteiger partial charge in [-0.2, -0.15) is 0 Å². The third-order valence-electron chi connectivity index (χ3n) is 6.43. The minimum Gasteiger partial charge on any atom is -0.336 e. The van der Waals surface area contributed by atoms with Crippen LogP contribution in [0, 0.1) is 12.7 Å². The van der Waals surface area contributed by atoms with Gasteiger partial charge in [-0.05, 0) is 37.7 Å². The number of rotatable bonds is 6. The molecule has 1 saturated heterocycles. The molecule has 1 amide bonds. The van der Waals surface area contributed by atoms with Crippen molar-refractivity contribution in [2.24, 2.45) is 0 Å². The molecule has 1 aliphatic heterocycles. The first-order chi connectivity index (χ1) is 17.5. The van der Waals surface area contributed by atoms with Crippen LogP contribution in [0.3, 0.4) is 0 Å². The third kappa shape index (κ3) is 5.05. The van der Waals surface area contributed by atoms with Crippen molar-refractivity contribution in [3.05, 3.63) is 95.3 Å². The van der Waals surface area contributed by atoms with Gasteiger partial charge in [-0.3, -0.25) is 9.36 Å². The highest BCUT2D eigenvalue weighted by Gasteiger charge is 2.23. The lowest BCUT2D eigenvalue weighted by Crippen LogP contribution is -2.47. The van der Waals surface area contributed by atoms with Gasteiger partial charge in [-0.15, -0.1) is 10.2 Å². The number of amides is 1. The Morgan fingerprint density at radius 1 is 0.917 bits per heavy atom. The molecule has 2 heterocycles. The van der Waals surface area contributed by atoms with E-state index in [0.717, 1.165) is 42.9 Å². The molecular weight excluding hydrogens is 473 g/mol. The van der Waals surface area contributed by atoms with E-state index in [1.807, 2.05) is 60.4 Å². The van der Waals surface area contributed by atoms with Crippen molar-refractivity contribution in [2.45, 2.75) is 17.8 Å². The average Bonchev–Trinajstić information content (AvgIpc) is 3.32. The predicted octanol–water partition coefficient (Wildman–Crippen LogP) is 5.06. The van der Waals surface area contributed by atoms with Crippen molar-refractivity contribution in [1.82, 2.24) is 24.6 Å². The normalized spacial score (nSPS) is 14.2. The summed E-state index contributed by atoms with van der Waals surface area (Å²) in [6.07, 6.45) is 0. The van der Waals surface area contributed by atoms with E-state index >= 15 is 0 Å². The van der Waals surface area contributed by atoms with Gasteiger partial charge in [0.15, 0.2) is 11.0 Å². The summed E-state index contributed by atoms with van der Waals surface area (Å²) in [5.41, 5.74) is 4.00. The van der Waals surface area contributed by atoms with Gasteiger partial charge in [-0.1, -0.05) is 71.9 Å². The van der Waals surface area contributed by atoms with Crippen LogP contribution in [0.25, 0.3) is 17.1 Å². The lowest BCUT2D eigenvalue weighted by atomic mass is 10.1. The number of aromatic nitrogens is 3. The predicted molar refractivity (Wildman–Crippen MR) is 141 cm³/mol. The maximum Gasteiger partial charge on any atom is 0.254 e. The van der Waals surface area contributed by atoms with E-state index in [0.29, 0.717) is 28.0 Å². The van der Waals surface area contributed by atoms with Gasteiger partial charge in [0.1, 0.15) is 5.82 Å². The molecular formula is C28H28FN5OS. The number of benzene rings is 3. The Labute approximate surface area is 214 Å². The maximum atomic E-state index is 14.9. The summed E-state index contributed by atoms with van der Waals surface area (Å²) >= 11 is 1.44. The quantitative estimate of drug-likeness (QED) is 0.346. The van der Waals surface area contributed by atoms with E-state index in [2.05, 4.69) is 22.1 Å². The van der Waals surface area contributed by atoms with Gasteiger partial charge in [0.25, 0.3) is 5.91 Å². The first-order valence-corrected chi connectivity index (χ1v) is 13.0. The minimum atomic E-state index is -0.349. The Morgan fingerprint density at radius 3 is 2.36 bits per heavy atom. The van der Waals surface area contributed by atoms with Crippen molar-refractivity contribution in [3.8, 4) is 17.1 Å². The summed E-state index contributed by atoms with van der Waals surface area (Å²) in [6, 6.07) is 22.3. The first-order valence-electron chi connectivity index (χ1n) is 12.0. The Kier molecular flexibility index (Phi) is 7.16. The van der Waals surface area contributed by atoms with Crippen molar-refractivity contribution < 1.29 is 9.18 Å². The van der Waals surface area contributed by atoms with Crippen LogP contribution < -0.4 is 0 Å². The van der Waals surface area contributed by atoms with Crippen molar-refractivity contribution in [3.63, 3.8) is 0 Å². The molecule has 0 unspecified atom stereocenters. The van der Waals surface area contributed by atoms with Crippen molar-refractivity contribution in [1.29, 1.82) is 0 Å². The average molecular weight is 502 g/mol. The molecule has 6 nitrogen and oxygen atoms in total. The zero-order valence-corrected chi connectivity index (χ0v) is 21.2. The molecule has 1 aromatic heterocycles. The molecule has 0 spiro atoms. The fraction of sp³-hybridized carbons (Fsp3) is 0.250. The molecule has 1 fully saturated rings. The Hall–Kier alpha value is -3.49. The molecule has 1 aliphatic rings. The molecule has 0 N–H and O–H groups in total. The molecule has 0 atom stereocenters. The first kappa shape index (κ1) is 24.2. The Balaban J connectivity index is 1.46. The topological polar surface area (TPSA) is 54.3 Å². The lowest BCUT2D eigenvalue weighted by molar-refractivity contribution is 0.0663. The monoisotopic (exact) mass is 501 g/mol. The van der Waals surface area contributed by atoms with Crippen LogP contribution in [-0.2, 0) is 5.75 Å². The second-order valence-electron chi connectivity index (χ2n) is 9.00. The number of hydrogen-bond acceptors (Lipinski definition) is 5. The van der Waals surface area contributed by atoms with Crippen LogP contribution in [-0.4, -0.2) is 63.7 Å². The Morgan fingerprint density at radius 2 is 1.61 bits per heavy atom. The van der Waals surface area contributed by atoms with E-state index < -0.39 is 0 Å². The van der Waals surface area contributed by atoms with Gasteiger partial charge >= 0.3 is 0 Å². The highest BCUT2D eigenvalue weighted by Crippen LogP contribution is 2.31. The van der Waals surface area contributed by atoms with Gasteiger partial charge in [-0.25, -0.2) is 4.39 Å². The number of halogens is 1. The summed E-state index contributed by atoms with van der Waals surface area (Å²) in [7, 11) is 2.07. The fourth-order valence-corrected chi connectivity index (χ4v) is 5.23. The highest BCUT2D eigenvalue weighted by molar-refractivity contribution is 7.98. The molecule has 4 aromatic rings. The summed E-state index contributed by atoms with van der Waals surface area (Å²) in [5.74, 6) is 0.786. The number of carbonyl (C=O) groups excluding carboxylic acids is 1. The summed E-state index contributed by atoms with van der Waals surface area (Å²) in [5, 5.41) is 9.43. The maximum absolute atomic E-state index is 14.9. The van der Waals surface area contributed by atoms with E-state index in [9.17, 15) is 9.18 Å². The SMILES string of the molecule is Cc1ccc(-c2nnc(SCc3ccccc3C(=O)N3CCN(C)CC3)n2-c2ccccc2F)cc1. The van der Waals surface area contributed by atoms with Crippen LogP contribution in [0.2, 0.25) is 0 Å². The molecule has 36 heavy (non-hydrogen) atoms. The Bertz CT molecular complexity index is 1360. The molecule has 8 heteroatoms. The molecule has 0 saturated carbocycles. The van der Waals surface area contributed by atoms with Gasteiger partial charge in [0.2, 0.25) is 0 Å². The third-order valence-corrected chi connectivity index (χ3v) is 7.41. The fourth-order valence-electron chi connectivity index (χ4n) is 4.28. The lowest BCUT2D eigenvalue weighted by Gasteiger charge is -2.32. The smallest absolute Gasteiger partial charge is 0.254 e. The molecule has 0 aliphatic carbocycles. The standard InChI is InChI=1S/C28H28FN5OS/c1-20-11-13-21(14-12-20)26-30-31-28(34(26)25-10-6-5-9-24(25)29)36-19-22-7-3-4-8-23(22)27(35)33-17-15-32(2)16-18-33/h3-14H,15-19H2,1-2H3. The number of nitrogens with zero attached hydrogens (tertiary/aromatic N) is 5. The number of carbonyl (C=O) groups is 1. The van der Waals surface area contributed by atoms with Crippen LogP contribution >= 0.6 is 11.8 Å². The van der Waals surface area contributed by atoms with Crippen LogP contribution in [0.1, 0.15) is 21.5 Å². The van der Waals surface area contributed by atoms with Crippen molar-refractivity contribution >= 4 is 17.7 Å². The van der Waals surface area contributed by atoms with Crippen LogP contribution in [0.15, 0.2) is 78.0 Å². The number of thioether (sulfide) groups is 1. The van der Waals surface area contributed by atoms with E-state index in [-0.39, 0.29) is 11.7 Å². The number of hydrogen-bond donors (Lipinski definition) is 0. The summed E-state index contributed by atoms with van der Waals surface area (Å²) in [4.78, 5) is 17.4. The zero-order valence-electron chi connectivity index (χ0n) is 20.4. The van der Waals surface area contributed by atoms with E-state index in [4.69, 9.17) is 0 Å².